The number of carbonyl (C=O) groups is 2. The molecule has 2 amide bonds. The number of halogens is 2. The number of rotatable bonds is 15. The summed E-state index contributed by atoms with van der Waals surface area (Å²) in [5.41, 5.74) is 6.54. The quantitative estimate of drug-likeness (QED) is 0.127. The third kappa shape index (κ3) is 10.4. The van der Waals surface area contributed by atoms with Crippen LogP contribution in [0, 0.1) is 0 Å². The van der Waals surface area contributed by atoms with Gasteiger partial charge in [-0.25, -0.2) is 0 Å². The minimum Gasteiger partial charge on any atom is -0.364 e. The topological polar surface area (TPSA) is 59.1 Å². The van der Waals surface area contributed by atoms with Crippen LogP contribution in [-0.4, -0.2) is 50.8 Å². The monoisotopic (exact) mass is 580 g/mol. The highest BCUT2D eigenvalue weighted by Gasteiger charge is 2.21. The average molecular weight is 582 g/mol. The molecule has 0 fully saturated rings. The van der Waals surface area contributed by atoms with E-state index in [1.807, 2.05) is 24.3 Å². The van der Waals surface area contributed by atoms with E-state index in [9.17, 15) is 9.59 Å². The number of aryl methyl sites for hydroxylation is 4. The van der Waals surface area contributed by atoms with Gasteiger partial charge in [0.15, 0.2) is 0 Å². The van der Waals surface area contributed by atoms with Crippen molar-refractivity contribution in [2.75, 3.05) is 48.7 Å². The van der Waals surface area contributed by atoms with Crippen molar-refractivity contribution in [3.63, 3.8) is 0 Å². The Morgan fingerprint density at radius 1 is 0.692 bits per heavy atom. The Labute approximate surface area is 245 Å². The lowest BCUT2D eigenvalue weighted by Gasteiger charge is -2.26. The first-order chi connectivity index (χ1) is 18.9. The second-order valence-corrected chi connectivity index (χ2v) is 9.52. The maximum absolute atomic E-state index is 12.2. The Kier molecular flexibility index (Phi) is 17.8. The number of methoxy groups -OCH3 is 1. The summed E-state index contributed by atoms with van der Waals surface area (Å²) in [6, 6.07) is 12.3. The van der Waals surface area contributed by atoms with E-state index in [1.165, 1.54) is 0 Å². The molecule has 0 aliphatic carbocycles. The number of hydrogen-bond acceptors (Lipinski definition) is 4. The van der Waals surface area contributed by atoms with Crippen molar-refractivity contribution in [3.05, 3.63) is 58.7 Å². The van der Waals surface area contributed by atoms with E-state index in [2.05, 4.69) is 46.8 Å². The van der Waals surface area contributed by atoms with Crippen molar-refractivity contribution in [3.8, 4) is 0 Å². The molecule has 6 nitrogen and oxygen atoms in total. The van der Waals surface area contributed by atoms with Gasteiger partial charge in [-0.05, 0) is 54.4 Å². The molecule has 2 rings (SSSR count). The minimum atomic E-state index is -0.130. The van der Waals surface area contributed by atoms with Gasteiger partial charge in [-0.3, -0.25) is 19.4 Å². The second kappa shape index (κ2) is 19.9. The van der Waals surface area contributed by atoms with Crippen LogP contribution in [0.15, 0.2) is 36.4 Å². The van der Waals surface area contributed by atoms with Crippen LogP contribution in [-0.2, 0) is 44.7 Å². The molecule has 0 aromatic heterocycles. The summed E-state index contributed by atoms with van der Waals surface area (Å²) in [5.74, 6) is -0.305. The van der Waals surface area contributed by atoms with Gasteiger partial charge in [0, 0.05) is 13.7 Å². The summed E-state index contributed by atoms with van der Waals surface area (Å²) in [6.45, 7) is 11.6. The Morgan fingerprint density at radius 3 is 1.38 bits per heavy atom. The van der Waals surface area contributed by atoms with Gasteiger partial charge in [-0.1, -0.05) is 77.4 Å². The van der Waals surface area contributed by atoms with Crippen LogP contribution >= 0.6 is 23.2 Å². The first-order valence-electron chi connectivity index (χ1n) is 13.9. The normalized spacial score (nSPS) is 10.6. The molecule has 0 heterocycles. The van der Waals surface area contributed by atoms with Crippen LogP contribution in [0.25, 0.3) is 0 Å². The molecule has 8 heteroatoms. The van der Waals surface area contributed by atoms with Gasteiger partial charge in [-0.2, -0.15) is 0 Å². The molecule has 2 aromatic carbocycles. The van der Waals surface area contributed by atoms with Crippen LogP contribution in [0.3, 0.4) is 0 Å². The molecule has 0 saturated heterocycles. The van der Waals surface area contributed by atoms with Crippen LogP contribution in [0.1, 0.15) is 69.7 Å². The third-order valence-electron chi connectivity index (χ3n) is 6.42. The number of nitrogens with zero attached hydrogens (tertiary/aromatic N) is 2. The van der Waals surface area contributed by atoms with Crippen molar-refractivity contribution in [1.82, 2.24) is 0 Å². The van der Waals surface area contributed by atoms with Crippen LogP contribution in [0.2, 0.25) is 0 Å². The summed E-state index contributed by atoms with van der Waals surface area (Å²) >= 11 is 11.5. The molecule has 39 heavy (non-hydrogen) atoms. The van der Waals surface area contributed by atoms with Crippen LogP contribution in [0.4, 0.5) is 11.4 Å². The van der Waals surface area contributed by atoms with E-state index in [-0.39, 0.29) is 37.0 Å². The Hall–Kier alpha value is -2.12. The standard InChI is InChI=1S/C17H26ClNO2.C14H20ClNO2/c1-4-7-11-21-13-19(16(20)12-18)17-14(5-2)9-8-10-15(17)6-3;1-4-11-7-6-8-12(5-2)14(11)16(10-18-3)13(17)9-15/h8-10H,4-7,11-13H2,1-3H3;6-8H,4-5,9-10H2,1-3H3. The summed E-state index contributed by atoms with van der Waals surface area (Å²) < 4.78 is 10.8. The van der Waals surface area contributed by atoms with Gasteiger partial charge >= 0.3 is 0 Å². The lowest BCUT2D eigenvalue weighted by Crippen LogP contribution is -2.35. The lowest BCUT2D eigenvalue weighted by atomic mass is 10.0. The molecule has 218 valence electrons. The van der Waals surface area contributed by atoms with Crippen molar-refractivity contribution < 1.29 is 19.1 Å². The van der Waals surface area contributed by atoms with Crippen molar-refractivity contribution in [2.24, 2.45) is 0 Å². The van der Waals surface area contributed by atoms with Crippen molar-refractivity contribution in [2.45, 2.75) is 73.1 Å². The van der Waals surface area contributed by atoms with E-state index < -0.39 is 0 Å². The molecule has 0 atom stereocenters. The first kappa shape index (κ1) is 34.9. The molecular formula is C31H46Cl2N2O4. The largest absolute Gasteiger partial charge is 0.364 e. The average Bonchev–Trinajstić information content (AvgIpc) is 2.98. The van der Waals surface area contributed by atoms with Gasteiger partial charge < -0.3 is 9.47 Å². The van der Waals surface area contributed by atoms with Gasteiger partial charge in [0.2, 0.25) is 11.8 Å². The van der Waals surface area contributed by atoms with Crippen molar-refractivity contribution >= 4 is 46.4 Å². The van der Waals surface area contributed by atoms with E-state index in [0.29, 0.717) is 6.61 Å². The van der Waals surface area contributed by atoms with Crippen molar-refractivity contribution in [1.29, 1.82) is 0 Å². The highest BCUT2D eigenvalue weighted by Crippen LogP contribution is 2.28. The predicted molar refractivity (Wildman–Crippen MR) is 164 cm³/mol. The number of carbonyl (C=O) groups excluding carboxylic acids is 2. The molecule has 0 unspecified atom stereocenters. The fourth-order valence-electron chi connectivity index (χ4n) is 4.32. The number of ether oxygens (including phenoxy) is 2. The molecular weight excluding hydrogens is 535 g/mol. The molecule has 0 N–H and O–H groups in total. The number of unbranched alkanes of at least 4 members (excludes halogenated alkanes) is 1. The zero-order valence-corrected chi connectivity index (χ0v) is 26.0. The fourth-order valence-corrected chi connectivity index (χ4v) is 4.61. The zero-order chi connectivity index (χ0) is 29.2. The number of amides is 2. The molecule has 0 aliphatic heterocycles. The molecule has 0 aliphatic rings. The number of anilines is 2. The third-order valence-corrected chi connectivity index (χ3v) is 6.88. The fraction of sp³-hybridized carbons (Fsp3) is 0.548. The van der Waals surface area contributed by atoms with Gasteiger partial charge in [-0.15, -0.1) is 23.2 Å². The molecule has 0 radical (unpaired) electrons. The smallest absolute Gasteiger partial charge is 0.243 e. The maximum Gasteiger partial charge on any atom is 0.243 e. The van der Waals surface area contributed by atoms with E-state index in [0.717, 1.165) is 72.2 Å². The Balaban J connectivity index is 0.000000395. The predicted octanol–water partition coefficient (Wildman–Crippen LogP) is 7.14. The number of para-hydroxylation sites is 2. The highest BCUT2D eigenvalue weighted by molar-refractivity contribution is 6.29. The maximum atomic E-state index is 12.2. The number of benzene rings is 2. The van der Waals surface area contributed by atoms with E-state index >= 15 is 0 Å². The zero-order valence-electron chi connectivity index (χ0n) is 24.5. The van der Waals surface area contributed by atoms with Crippen LogP contribution in [0.5, 0.6) is 0 Å². The summed E-state index contributed by atoms with van der Waals surface area (Å²) in [4.78, 5) is 27.5. The summed E-state index contributed by atoms with van der Waals surface area (Å²) in [7, 11) is 1.58. The molecule has 2 aromatic rings. The summed E-state index contributed by atoms with van der Waals surface area (Å²) in [5, 5.41) is 0. The van der Waals surface area contributed by atoms with Gasteiger partial charge in [0.1, 0.15) is 25.2 Å². The van der Waals surface area contributed by atoms with E-state index in [1.54, 1.807) is 16.9 Å². The molecule has 0 bridgehead atoms. The van der Waals surface area contributed by atoms with E-state index in [4.69, 9.17) is 32.7 Å². The Morgan fingerprint density at radius 2 is 1.08 bits per heavy atom. The van der Waals surface area contributed by atoms with Gasteiger partial charge in [0.25, 0.3) is 0 Å². The molecule has 0 saturated carbocycles. The summed E-state index contributed by atoms with van der Waals surface area (Å²) in [6.07, 6.45) is 5.58. The highest BCUT2D eigenvalue weighted by atomic mass is 35.5. The second-order valence-electron chi connectivity index (χ2n) is 8.98. The number of hydrogen-bond donors (Lipinski definition) is 0. The van der Waals surface area contributed by atoms with Gasteiger partial charge in [0.05, 0.1) is 11.4 Å². The Bertz CT molecular complexity index is 972. The SMILES string of the molecule is CCCCOCN(C(=O)CCl)c1c(CC)cccc1CC.CCc1cccc(CC)c1N(COC)C(=O)CCl. The lowest BCUT2D eigenvalue weighted by molar-refractivity contribution is -0.118. The van der Waals surface area contributed by atoms with Crippen LogP contribution < -0.4 is 9.80 Å². The first-order valence-corrected chi connectivity index (χ1v) is 15.0. The minimum absolute atomic E-state index is 0.0294. The number of alkyl halides is 2. The molecule has 0 spiro atoms.